The van der Waals surface area contributed by atoms with Crippen LogP contribution in [-0.2, 0) is 5.75 Å². The summed E-state index contributed by atoms with van der Waals surface area (Å²) in [5.74, 6) is 1.66. The van der Waals surface area contributed by atoms with Crippen LogP contribution in [0.3, 0.4) is 0 Å². The summed E-state index contributed by atoms with van der Waals surface area (Å²) in [6, 6.07) is 10.1. The number of rotatable bonds is 5. The number of hydrogen-bond acceptors (Lipinski definition) is 7. The third kappa shape index (κ3) is 3.15. The van der Waals surface area contributed by atoms with Crippen LogP contribution >= 0.6 is 34.4 Å². The first-order valence-electron chi connectivity index (χ1n) is 7.23. The molecule has 0 spiro atoms. The van der Waals surface area contributed by atoms with Gasteiger partial charge in [0.05, 0.1) is 12.8 Å². The summed E-state index contributed by atoms with van der Waals surface area (Å²) in [6.07, 6.45) is 1.63. The first-order chi connectivity index (χ1) is 11.8. The number of aromatic nitrogens is 3. The lowest BCUT2D eigenvalue weighted by atomic mass is 10.2. The molecule has 0 amide bonds. The van der Waals surface area contributed by atoms with Crippen molar-refractivity contribution in [1.29, 1.82) is 0 Å². The number of nitrogens with zero attached hydrogens (tertiary/aromatic N) is 3. The van der Waals surface area contributed by atoms with Gasteiger partial charge in [0.1, 0.15) is 26.9 Å². The van der Waals surface area contributed by atoms with Gasteiger partial charge in [0.25, 0.3) is 0 Å². The maximum atomic E-state index is 5.19. The lowest BCUT2D eigenvalue weighted by Crippen LogP contribution is -1.86. The Morgan fingerprint density at radius 3 is 2.79 bits per heavy atom. The van der Waals surface area contributed by atoms with Gasteiger partial charge in [-0.15, -0.1) is 22.7 Å². The topological polar surface area (TPSA) is 47.9 Å². The number of thiazole rings is 1. The molecule has 4 rings (SSSR count). The zero-order valence-corrected chi connectivity index (χ0v) is 15.3. The Kier molecular flexibility index (Phi) is 4.46. The molecule has 0 fully saturated rings. The van der Waals surface area contributed by atoms with Crippen molar-refractivity contribution in [3.8, 4) is 16.3 Å². The van der Waals surface area contributed by atoms with E-state index in [1.807, 2.05) is 29.6 Å². The van der Waals surface area contributed by atoms with Crippen LogP contribution in [0, 0.1) is 0 Å². The van der Waals surface area contributed by atoms with E-state index in [1.165, 1.54) is 0 Å². The Balaban J connectivity index is 1.50. The van der Waals surface area contributed by atoms with Crippen molar-refractivity contribution < 1.29 is 4.74 Å². The number of fused-ring (bicyclic) bond motifs is 1. The van der Waals surface area contributed by atoms with Crippen LogP contribution in [0.1, 0.15) is 5.69 Å². The van der Waals surface area contributed by atoms with Crippen molar-refractivity contribution in [3.05, 3.63) is 53.1 Å². The van der Waals surface area contributed by atoms with Crippen molar-refractivity contribution in [2.24, 2.45) is 0 Å². The SMILES string of the molecule is COc1ccc(-c2nc(CSc3ncnc4sccc34)cs2)cc1. The van der Waals surface area contributed by atoms with Crippen molar-refractivity contribution in [2.75, 3.05) is 7.11 Å². The molecule has 0 saturated carbocycles. The second-order valence-electron chi connectivity index (χ2n) is 4.98. The van der Waals surface area contributed by atoms with E-state index in [9.17, 15) is 0 Å². The smallest absolute Gasteiger partial charge is 0.127 e. The molecular formula is C17H13N3OS3. The molecule has 24 heavy (non-hydrogen) atoms. The molecule has 0 aliphatic heterocycles. The molecule has 3 heterocycles. The van der Waals surface area contributed by atoms with Gasteiger partial charge in [0.15, 0.2) is 0 Å². The van der Waals surface area contributed by atoms with E-state index in [0.717, 1.165) is 43.0 Å². The minimum absolute atomic E-state index is 0.800. The molecule has 0 atom stereocenters. The maximum Gasteiger partial charge on any atom is 0.127 e. The molecule has 4 aromatic rings. The van der Waals surface area contributed by atoms with Gasteiger partial charge < -0.3 is 4.74 Å². The molecule has 0 bridgehead atoms. The fraction of sp³-hybridized carbons (Fsp3) is 0.118. The van der Waals surface area contributed by atoms with Crippen LogP contribution in [0.4, 0.5) is 0 Å². The summed E-state index contributed by atoms with van der Waals surface area (Å²) >= 11 is 5.00. The van der Waals surface area contributed by atoms with Crippen LogP contribution in [0.5, 0.6) is 5.75 Å². The molecular weight excluding hydrogens is 358 g/mol. The van der Waals surface area contributed by atoms with Crippen molar-refractivity contribution in [2.45, 2.75) is 10.8 Å². The molecule has 0 saturated heterocycles. The lowest BCUT2D eigenvalue weighted by molar-refractivity contribution is 0.415. The highest BCUT2D eigenvalue weighted by Crippen LogP contribution is 2.31. The number of benzene rings is 1. The van der Waals surface area contributed by atoms with Crippen LogP contribution in [-0.4, -0.2) is 22.1 Å². The summed E-state index contributed by atoms with van der Waals surface area (Å²) < 4.78 is 5.19. The highest BCUT2D eigenvalue weighted by atomic mass is 32.2. The van der Waals surface area contributed by atoms with Crippen LogP contribution < -0.4 is 4.74 Å². The van der Waals surface area contributed by atoms with Gasteiger partial charge >= 0.3 is 0 Å². The third-order valence-corrected chi connectivity index (χ3v) is 6.27. The Bertz CT molecular complexity index is 963. The van der Waals surface area contributed by atoms with E-state index < -0.39 is 0 Å². The highest BCUT2D eigenvalue weighted by molar-refractivity contribution is 7.98. The second kappa shape index (κ2) is 6.88. The second-order valence-corrected chi connectivity index (χ2v) is 7.70. The summed E-state index contributed by atoms with van der Waals surface area (Å²) in [7, 11) is 1.67. The molecule has 0 aliphatic carbocycles. The van der Waals surface area contributed by atoms with Crippen molar-refractivity contribution in [3.63, 3.8) is 0 Å². The molecule has 0 radical (unpaired) electrons. The lowest BCUT2D eigenvalue weighted by Gasteiger charge is -2.01. The number of methoxy groups -OCH3 is 1. The van der Waals surface area contributed by atoms with Gasteiger partial charge in [0.2, 0.25) is 0 Å². The molecule has 4 nitrogen and oxygen atoms in total. The summed E-state index contributed by atoms with van der Waals surface area (Å²) in [5, 5.41) is 7.32. The predicted octanol–water partition coefficient (Wildman–Crippen LogP) is 5.12. The summed E-state index contributed by atoms with van der Waals surface area (Å²) in [5.41, 5.74) is 2.18. The monoisotopic (exact) mass is 371 g/mol. The molecule has 3 aromatic heterocycles. The first-order valence-corrected chi connectivity index (χ1v) is 9.98. The minimum Gasteiger partial charge on any atom is -0.497 e. The van der Waals surface area contributed by atoms with Crippen molar-refractivity contribution >= 4 is 44.7 Å². The molecule has 0 aliphatic rings. The average molecular weight is 372 g/mol. The van der Waals surface area contributed by atoms with Gasteiger partial charge in [-0.2, -0.15) is 0 Å². The van der Waals surface area contributed by atoms with E-state index in [-0.39, 0.29) is 0 Å². The Morgan fingerprint density at radius 2 is 1.96 bits per heavy atom. The standard InChI is InChI=1S/C17H13N3OS3/c1-21-13-4-2-11(3-5-13)15-20-12(8-23-15)9-24-17-14-6-7-22-16(14)18-10-19-17/h2-8,10H,9H2,1H3. The Labute approximate surface area is 151 Å². The van der Waals surface area contributed by atoms with Gasteiger partial charge in [0, 0.05) is 22.1 Å². The largest absolute Gasteiger partial charge is 0.497 e. The molecule has 0 N–H and O–H groups in total. The van der Waals surface area contributed by atoms with Crippen LogP contribution in [0.15, 0.2) is 52.4 Å². The molecule has 0 unspecified atom stereocenters. The number of ether oxygens (including phenoxy) is 1. The Morgan fingerprint density at radius 1 is 1.08 bits per heavy atom. The molecule has 120 valence electrons. The summed E-state index contributed by atoms with van der Waals surface area (Å²) in [4.78, 5) is 14.5. The fourth-order valence-corrected chi connectivity index (χ4v) is 4.87. The normalized spacial score (nSPS) is 11.0. The third-order valence-electron chi connectivity index (χ3n) is 3.47. The highest BCUT2D eigenvalue weighted by Gasteiger charge is 2.09. The average Bonchev–Trinajstić information content (AvgIpc) is 3.29. The van der Waals surface area contributed by atoms with Crippen molar-refractivity contribution in [1.82, 2.24) is 15.0 Å². The quantitative estimate of drug-likeness (QED) is 0.360. The maximum absolute atomic E-state index is 5.19. The summed E-state index contributed by atoms with van der Waals surface area (Å²) in [6.45, 7) is 0. The van der Waals surface area contributed by atoms with Gasteiger partial charge in [-0.3, -0.25) is 0 Å². The van der Waals surface area contributed by atoms with E-state index in [2.05, 4.69) is 21.4 Å². The zero-order valence-electron chi connectivity index (χ0n) is 12.8. The van der Waals surface area contributed by atoms with Gasteiger partial charge in [-0.1, -0.05) is 11.8 Å². The van der Waals surface area contributed by atoms with Gasteiger partial charge in [-0.05, 0) is 35.7 Å². The number of thiophene rings is 1. The zero-order chi connectivity index (χ0) is 16.4. The predicted molar refractivity (Wildman–Crippen MR) is 101 cm³/mol. The minimum atomic E-state index is 0.800. The number of thioether (sulfide) groups is 1. The molecule has 1 aromatic carbocycles. The fourth-order valence-electron chi connectivity index (χ4n) is 2.26. The van der Waals surface area contributed by atoms with E-state index >= 15 is 0 Å². The van der Waals surface area contributed by atoms with Gasteiger partial charge in [-0.25, -0.2) is 15.0 Å². The Hall–Kier alpha value is -1.96. The molecule has 7 heteroatoms. The van der Waals surface area contributed by atoms with Crippen LogP contribution in [0.2, 0.25) is 0 Å². The first kappa shape index (κ1) is 15.6. The van der Waals surface area contributed by atoms with Crippen LogP contribution in [0.25, 0.3) is 20.8 Å². The van der Waals surface area contributed by atoms with E-state index in [1.54, 1.807) is 47.9 Å². The number of hydrogen-bond donors (Lipinski definition) is 0. The van der Waals surface area contributed by atoms with E-state index in [0.29, 0.717) is 0 Å². The van der Waals surface area contributed by atoms with E-state index in [4.69, 9.17) is 9.72 Å².